The van der Waals surface area contributed by atoms with Crippen molar-refractivity contribution in [2.24, 2.45) is 0 Å². The lowest BCUT2D eigenvalue weighted by atomic mass is 10.3. The van der Waals surface area contributed by atoms with Gasteiger partial charge in [-0.05, 0) is 42.0 Å². The molecule has 14 heavy (non-hydrogen) atoms. The van der Waals surface area contributed by atoms with E-state index in [9.17, 15) is 0 Å². The van der Waals surface area contributed by atoms with Crippen LogP contribution in [0.1, 0.15) is 15.3 Å². The molecule has 0 fully saturated rings. The van der Waals surface area contributed by atoms with Crippen LogP contribution in [0.25, 0.3) is 0 Å². The summed E-state index contributed by atoms with van der Waals surface area (Å²) < 4.78 is 1.38. The molecule has 0 unspecified atom stereocenters. The highest BCUT2D eigenvalue weighted by atomic mass is 127. The Bertz CT molecular complexity index is 401. The van der Waals surface area contributed by atoms with Crippen LogP contribution in [-0.4, -0.2) is 8.07 Å². The predicted octanol–water partition coefficient (Wildman–Crippen LogP) is 4.20. The summed E-state index contributed by atoms with van der Waals surface area (Å²) in [4.78, 5) is 2.65. The molecular weight excluding hydrogens is 319 g/mol. The van der Waals surface area contributed by atoms with Crippen LogP contribution in [0.2, 0.25) is 19.6 Å². The highest BCUT2D eigenvalue weighted by Crippen LogP contribution is 2.27. The van der Waals surface area contributed by atoms with Gasteiger partial charge in [0.2, 0.25) is 0 Å². The third kappa shape index (κ3) is 3.11. The van der Waals surface area contributed by atoms with Gasteiger partial charge in [0.05, 0.1) is 4.88 Å². The molecule has 1 rings (SSSR count). The Balaban J connectivity index is 3.08. The van der Waals surface area contributed by atoms with Crippen molar-refractivity contribution in [2.45, 2.75) is 33.5 Å². The molecule has 76 valence electrons. The molecule has 3 heteroatoms. The van der Waals surface area contributed by atoms with Gasteiger partial charge in [-0.15, -0.1) is 16.9 Å². The number of thiophene rings is 1. The van der Waals surface area contributed by atoms with Crippen molar-refractivity contribution in [3.05, 3.63) is 18.9 Å². The first-order valence-electron chi connectivity index (χ1n) is 4.60. The first-order chi connectivity index (χ1) is 6.31. The molecular formula is C11H15ISSi. The SMILES string of the molecule is Cc1sc(C#C[Si](C)(C)C)c(C)c1I. The van der Waals surface area contributed by atoms with E-state index in [-0.39, 0.29) is 0 Å². The van der Waals surface area contributed by atoms with Gasteiger partial charge in [0.15, 0.2) is 0 Å². The topological polar surface area (TPSA) is 0 Å². The minimum atomic E-state index is -1.23. The number of rotatable bonds is 0. The lowest BCUT2D eigenvalue weighted by molar-refractivity contribution is 1.44. The van der Waals surface area contributed by atoms with Crippen LogP contribution in [0.4, 0.5) is 0 Å². The van der Waals surface area contributed by atoms with Gasteiger partial charge in [-0.1, -0.05) is 25.6 Å². The lowest BCUT2D eigenvalue weighted by Crippen LogP contribution is -2.16. The molecule has 0 nitrogen and oxygen atoms in total. The molecule has 0 aliphatic heterocycles. The average Bonchev–Trinajstić information content (AvgIpc) is 2.28. The third-order valence-corrected chi connectivity index (χ3v) is 5.77. The van der Waals surface area contributed by atoms with Crippen molar-refractivity contribution in [2.75, 3.05) is 0 Å². The van der Waals surface area contributed by atoms with E-state index >= 15 is 0 Å². The van der Waals surface area contributed by atoms with Gasteiger partial charge in [0, 0.05) is 8.45 Å². The van der Waals surface area contributed by atoms with E-state index < -0.39 is 8.07 Å². The average molecular weight is 334 g/mol. The Kier molecular flexibility index (Phi) is 3.84. The van der Waals surface area contributed by atoms with Crippen molar-refractivity contribution in [1.82, 2.24) is 0 Å². The molecule has 0 spiro atoms. The molecule has 1 heterocycles. The van der Waals surface area contributed by atoms with Crippen molar-refractivity contribution in [3.8, 4) is 11.5 Å². The van der Waals surface area contributed by atoms with Crippen LogP contribution in [0.3, 0.4) is 0 Å². The highest BCUT2D eigenvalue weighted by Gasteiger charge is 2.10. The summed E-state index contributed by atoms with van der Waals surface area (Å²) >= 11 is 4.23. The second kappa shape index (κ2) is 4.38. The molecule has 1 aromatic heterocycles. The molecule has 0 aromatic carbocycles. The van der Waals surface area contributed by atoms with Gasteiger partial charge in [0.1, 0.15) is 8.07 Å². The Labute approximate surface area is 105 Å². The van der Waals surface area contributed by atoms with Crippen LogP contribution in [-0.2, 0) is 0 Å². The predicted molar refractivity (Wildman–Crippen MR) is 76.7 cm³/mol. The van der Waals surface area contributed by atoms with Gasteiger partial charge in [-0.25, -0.2) is 0 Å². The summed E-state index contributed by atoms with van der Waals surface area (Å²) in [5.41, 5.74) is 4.78. The quantitative estimate of drug-likeness (QED) is 0.379. The molecule has 0 amide bonds. The van der Waals surface area contributed by atoms with Crippen LogP contribution in [0.15, 0.2) is 0 Å². The first kappa shape index (κ1) is 12.3. The highest BCUT2D eigenvalue weighted by molar-refractivity contribution is 14.1. The molecule has 0 bridgehead atoms. The van der Waals surface area contributed by atoms with Gasteiger partial charge in [-0.2, -0.15) is 0 Å². The van der Waals surface area contributed by atoms with Gasteiger partial charge < -0.3 is 0 Å². The molecule has 0 aliphatic rings. The first-order valence-corrected chi connectivity index (χ1v) is 9.99. The molecule has 0 radical (unpaired) electrons. The Hall–Kier alpha value is 0.207. The van der Waals surface area contributed by atoms with Gasteiger partial charge >= 0.3 is 0 Å². The minimum Gasteiger partial charge on any atom is -0.131 e. The minimum absolute atomic E-state index is 1.23. The summed E-state index contributed by atoms with van der Waals surface area (Å²) in [6, 6.07) is 0. The number of hydrogen-bond acceptors (Lipinski definition) is 1. The fourth-order valence-corrected chi connectivity index (χ4v) is 3.28. The standard InChI is InChI=1S/C11H15ISSi/c1-8-10(6-7-14(3,4)5)13-9(2)11(8)12/h1-5H3. The van der Waals surface area contributed by atoms with Crippen LogP contribution >= 0.6 is 33.9 Å². The molecule has 0 aliphatic carbocycles. The maximum atomic E-state index is 3.42. The number of aryl methyl sites for hydroxylation is 1. The van der Waals surface area contributed by atoms with Crippen molar-refractivity contribution >= 4 is 42.0 Å². The van der Waals surface area contributed by atoms with E-state index in [4.69, 9.17) is 0 Å². The molecule has 0 saturated carbocycles. The third-order valence-electron chi connectivity index (χ3n) is 1.79. The van der Waals surface area contributed by atoms with Crippen LogP contribution in [0, 0.1) is 28.9 Å². The number of halogens is 1. The lowest BCUT2D eigenvalue weighted by Gasteiger charge is -2.02. The van der Waals surface area contributed by atoms with E-state index in [0.29, 0.717) is 0 Å². The van der Waals surface area contributed by atoms with E-state index in [0.717, 1.165) is 0 Å². The smallest absolute Gasteiger partial charge is 0.129 e. The van der Waals surface area contributed by atoms with Crippen LogP contribution < -0.4 is 0 Å². The van der Waals surface area contributed by atoms with Crippen molar-refractivity contribution in [3.63, 3.8) is 0 Å². The maximum absolute atomic E-state index is 3.42. The summed E-state index contributed by atoms with van der Waals surface area (Å²) in [6.45, 7) is 11.2. The fourth-order valence-electron chi connectivity index (χ4n) is 1.00. The summed E-state index contributed by atoms with van der Waals surface area (Å²) in [6.07, 6.45) is 0. The fraction of sp³-hybridized carbons (Fsp3) is 0.455. The van der Waals surface area contributed by atoms with Crippen LogP contribution in [0.5, 0.6) is 0 Å². The van der Waals surface area contributed by atoms with Gasteiger partial charge in [0.25, 0.3) is 0 Å². The summed E-state index contributed by atoms with van der Waals surface area (Å²) in [5, 5.41) is 0. The molecule has 0 N–H and O–H groups in total. The normalized spacial score (nSPS) is 11.0. The zero-order valence-corrected chi connectivity index (χ0v) is 13.3. The molecule has 0 atom stereocenters. The second-order valence-electron chi connectivity index (χ2n) is 4.43. The van der Waals surface area contributed by atoms with E-state index in [2.05, 4.69) is 67.5 Å². The Morgan fingerprint density at radius 2 is 1.79 bits per heavy atom. The molecule has 1 aromatic rings. The van der Waals surface area contributed by atoms with Gasteiger partial charge in [-0.3, -0.25) is 0 Å². The second-order valence-corrected chi connectivity index (χ2v) is 11.5. The summed E-state index contributed by atoms with van der Waals surface area (Å²) in [7, 11) is -1.23. The Morgan fingerprint density at radius 3 is 2.14 bits per heavy atom. The van der Waals surface area contributed by atoms with Crippen molar-refractivity contribution in [1.29, 1.82) is 0 Å². The zero-order chi connectivity index (χ0) is 10.9. The number of hydrogen-bond donors (Lipinski definition) is 0. The summed E-state index contributed by atoms with van der Waals surface area (Å²) in [5.74, 6) is 3.34. The maximum Gasteiger partial charge on any atom is 0.129 e. The van der Waals surface area contributed by atoms with E-state index in [1.165, 1.54) is 18.9 Å². The zero-order valence-electron chi connectivity index (χ0n) is 9.29. The van der Waals surface area contributed by atoms with Crippen molar-refractivity contribution < 1.29 is 0 Å². The largest absolute Gasteiger partial charge is 0.131 e. The van der Waals surface area contributed by atoms with E-state index in [1.54, 1.807) is 0 Å². The monoisotopic (exact) mass is 334 g/mol. The Morgan fingerprint density at radius 1 is 1.21 bits per heavy atom. The van der Waals surface area contributed by atoms with E-state index in [1.807, 2.05) is 11.3 Å². The molecule has 0 saturated heterocycles.